The number of carbonyl (C=O) groups excluding carboxylic acids is 1. The van der Waals surface area contributed by atoms with Crippen molar-refractivity contribution in [1.29, 1.82) is 0 Å². The third-order valence-corrected chi connectivity index (χ3v) is 3.56. The van der Waals surface area contributed by atoms with Gasteiger partial charge in [-0.1, -0.05) is 35.5 Å². The fourth-order valence-corrected chi connectivity index (χ4v) is 2.35. The first-order valence-corrected chi connectivity index (χ1v) is 7.86. The van der Waals surface area contributed by atoms with Crippen molar-refractivity contribution in [3.63, 3.8) is 0 Å². The number of carbonyl (C=O) groups is 1. The summed E-state index contributed by atoms with van der Waals surface area (Å²) in [6, 6.07) is 17.2. The van der Waals surface area contributed by atoms with E-state index in [1.165, 1.54) is 5.56 Å². The number of rotatable bonds is 6. The predicted molar refractivity (Wildman–Crippen MR) is 89.5 cm³/mol. The lowest BCUT2D eigenvalue weighted by Crippen LogP contribution is -2.08. The lowest BCUT2D eigenvalue weighted by molar-refractivity contribution is -0.134. The van der Waals surface area contributed by atoms with Crippen molar-refractivity contribution in [1.82, 2.24) is 10.1 Å². The van der Waals surface area contributed by atoms with Gasteiger partial charge in [-0.3, -0.25) is 4.79 Å². The Labute approximate surface area is 140 Å². The molecular formula is C19H18N2O3. The summed E-state index contributed by atoms with van der Waals surface area (Å²) >= 11 is 0. The molecule has 0 aliphatic carbocycles. The van der Waals surface area contributed by atoms with Crippen LogP contribution in [0, 0.1) is 6.92 Å². The van der Waals surface area contributed by atoms with E-state index in [1.54, 1.807) is 31.2 Å². The van der Waals surface area contributed by atoms with Gasteiger partial charge < -0.3 is 9.26 Å². The van der Waals surface area contributed by atoms with Crippen LogP contribution in [-0.4, -0.2) is 16.1 Å². The third kappa shape index (κ3) is 4.29. The van der Waals surface area contributed by atoms with E-state index in [2.05, 4.69) is 22.3 Å². The smallest absolute Gasteiger partial charge is 0.311 e. The molecule has 3 rings (SSSR count). The summed E-state index contributed by atoms with van der Waals surface area (Å²) in [5.41, 5.74) is 2.04. The number of aryl methyl sites for hydroxylation is 2. The highest BCUT2D eigenvalue weighted by Gasteiger charge is 2.08. The molecule has 2 aromatic carbocycles. The molecule has 1 heterocycles. The molecule has 24 heavy (non-hydrogen) atoms. The van der Waals surface area contributed by atoms with Crippen LogP contribution >= 0.6 is 0 Å². The lowest BCUT2D eigenvalue weighted by atomic mass is 10.1. The van der Waals surface area contributed by atoms with Gasteiger partial charge in [-0.25, -0.2) is 0 Å². The highest BCUT2D eigenvalue weighted by Crippen LogP contribution is 2.20. The monoisotopic (exact) mass is 322 g/mol. The van der Waals surface area contributed by atoms with Crippen LogP contribution in [0.2, 0.25) is 0 Å². The molecule has 0 aliphatic heterocycles. The Bertz CT molecular complexity index is 795. The molecule has 0 aliphatic rings. The highest BCUT2D eigenvalue weighted by molar-refractivity contribution is 5.72. The molecule has 0 atom stereocenters. The number of ether oxygens (including phenoxy) is 1. The van der Waals surface area contributed by atoms with Gasteiger partial charge in [-0.15, -0.1) is 0 Å². The molecule has 0 saturated carbocycles. The Balaban J connectivity index is 1.49. The van der Waals surface area contributed by atoms with Crippen molar-refractivity contribution in [2.45, 2.75) is 26.2 Å². The molecule has 0 bridgehead atoms. The van der Waals surface area contributed by atoms with Crippen LogP contribution < -0.4 is 4.74 Å². The maximum atomic E-state index is 11.9. The summed E-state index contributed by atoms with van der Waals surface area (Å²) in [6.45, 7) is 1.74. The zero-order valence-electron chi connectivity index (χ0n) is 13.4. The summed E-state index contributed by atoms with van der Waals surface area (Å²) in [6.07, 6.45) is 2.02. The molecule has 0 amide bonds. The molecule has 0 radical (unpaired) electrons. The fourth-order valence-electron chi connectivity index (χ4n) is 2.35. The van der Waals surface area contributed by atoms with Gasteiger partial charge in [-0.05, 0) is 42.7 Å². The van der Waals surface area contributed by atoms with Crippen LogP contribution in [-0.2, 0) is 11.2 Å². The van der Waals surface area contributed by atoms with E-state index in [4.69, 9.17) is 9.26 Å². The summed E-state index contributed by atoms with van der Waals surface area (Å²) in [5.74, 6) is 1.32. The second-order valence-electron chi connectivity index (χ2n) is 5.47. The van der Waals surface area contributed by atoms with Gasteiger partial charge in [0.05, 0.1) is 0 Å². The van der Waals surface area contributed by atoms with Gasteiger partial charge in [0, 0.05) is 18.9 Å². The second-order valence-corrected chi connectivity index (χ2v) is 5.47. The Morgan fingerprint density at radius 3 is 2.50 bits per heavy atom. The van der Waals surface area contributed by atoms with E-state index in [-0.39, 0.29) is 5.97 Å². The molecule has 0 fully saturated rings. The van der Waals surface area contributed by atoms with Crippen LogP contribution in [0.5, 0.6) is 5.75 Å². The standard InChI is InChI=1S/C19H18N2O3/c1-14-20-19(21-24-14)16-10-12-17(13-11-16)23-18(22)9-5-8-15-6-3-2-4-7-15/h2-4,6-7,10-13H,5,8-9H2,1H3. The predicted octanol–water partition coefficient (Wildman–Crippen LogP) is 3.97. The fraction of sp³-hybridized carbons (Fsp3) is 0.211. The number of hydrogen-bond donors (Lipinski definition) is 0. The van der Waals surface area contributed by atoms with Crippen LogP contribution in [0.25, 0.3) is 11.4 Å². The minimum Gasteiger partial charge on any atom is -0.427 e. The van der Waals surface area contributed by atoms with Crippen LogP contribution in [0.3, 0.4) is 0 Å². The molecule has 5 nitrogen and oxygen atoms in total. The quantitative estimate of drug-likeness (QED) is 0.507. The first-order chi connectivity index (χ1) is 11.7. The van der Waals surface area contributed by atoms with Crippen molar-refractivity contribution in [2.75, 3.05) is 0 Å². The van der Waals surface area contributed by atoms with Gasteiger partial charge in [-0.2, -0.15) is 4.98 Å². The topological polar surface area (TPSA) is 65.2 Å². The molecule has 0 unspecified atom stereocenters. The Kier molecular flexibility index (Phi) is 5.01. The average Bonchev–Trinajstić information content (AvgIpc) is 3.03. The third-order valence-electron chi connectivity index (χ3n) is 3.56. The van der Waals surface area contributed by atoms with Gasteiger partial charge in [0.15, 0.2) is 0 Å². The number of hydrogen-bond acceptors (Lipinski definition) is 5. The van der Waals surface area contributed by atoms with E-state index in [1.807, 2.05) is 18.2 Å². The first-order valence-electron chi connectivity index (χ1n) is 7.86. The molecule has 0 N–H and O–H groups in total. The molecule has 5 heteroatoms. The van der Waals surface area contributed by atoms with Gasteiger partial charge in [0.25, 0.3) is 0 Å². The summed E-state index contributed by atoms with van der Waals surface area (Å²) in [7, 11) is 0. The van der Waals surface area contributed by atoms with Crippen molar-refractivity contribution >= 4 is 5.97 Å². The van der Waals surface area contributed by atoms with E-state index < -0.39 is 0 Å². The van der Waals surface area contributed by atoms with E-state index in [0.29, 0.717) is 23.9 Å². The van der Waals surface area contributed by atoms with Crippen LogP contribution in [0.15, 0.2) is 59.1 Å². The molecule has 0 saturated heterocycles. The van der Waals surface area contributed by atoms with Crippen LogP contribution in [0.4, 0.5) is 0 Å². The number of esters is 1. The van der Waals surface area contributed by atoms with Gasteiger partial charge in [0.1, 0.15) is 5.75 Å². The van der Waals surface area contributed by atoms with E-state index in [9.17, 15) is 4.79 Å². The zero-order chi connectivity index (χ0) is 16.8. The number of benzene rings is 2. The van der Waals surface area contributed by atoms with Gasteiger partial charge in [0.2, 0.25) is 11.7 Å². The van der Waals surface area contributed by atoms with Crippen molar-refractivity contribution < 1.29 is 14.1 Å². The van der Waals surface area contributed by atoms with Crippen molar-refractivity contribution in [3.8, 4) is 17.1 Å². The normalized spacial score (nSPS) is 10.5. The number of nitrogens with zero attached hydrogens (tertiary/aromatic N) is 2. The maximum Gasteiger partial charge on any atom is 0.311 e. The van der Waals surface area contributed by atoms with E-state index >= 15 is 0 Å². The number of aromatic nitrogens is 2. The average molecular weight is 322 g/mol. The van der Waals surface area contributed by atoms with E-state index in [0.717, 1.165) is 18.4 Å². The molecule has 0 spiro atoms. The lowest BCUT2D eigenvalue weighted by Gasteiger charge is -2.05. The minimum atomic E-state index is -0.228. The molecule has 3 aromatic rings. The second kappa shape index (κ2) is 7.55. The highest BCUT2D eigenvalue weighted by atomic mass is 16.5. The SMILES string of the molecule is Cc1nc(-c2ccc(OC(=O)CCCc3ccccc3)cc2)no1. The van der Waals surface area contributed by atoms with Crippen molar-refractivity contribution in [2.24, 2.45) is 0 Å². The molecule has 1 aromatic heterocycles. The largest absolute Gasteiger partial charge is 0.427 e. The summed E-state index contributed by atoms with van der Waals surface area (Å²) in [4.78, 5) is 16.1. The van der Waals surface area contributed by atoms with Crippen LogP contribution in [0.1, 0.15) is 24.3 Å². The van der Waals surface area contributed by atoms with Gasteiger partial charge >= 0.3 is 5.97 Å². The molecule has 122 valence electrons. The Hall–Kier alpha value is -2.95. The minimum absolute atomic E-state index is 0.228. The van der Waals surface area contributed by atoms with Crippen molar-refractivity contribution in [3.05, 3.63) is 66.1 Å². The summed E-state index contributed by atoms with van der Waals surface area (Å²) < 4.78 is 10.3. The first kappa shape index (κ1) is 15.9. The summed E-state index contributed by atoms with van der Waals surface area (Å²) in [5, 5.41) is 3.85. The zero-order valence-corrected chi connectivity index (χ0v) is 13.4. The maximum absolute atomic E-state index is 11.9. The Morgan fingerprint density at radius 2 is 1.83 bits per heavy atom. The Morgan fingerprint density at radius 1 is 1.08 bits per heavy atom. The molecular weight excluding hydrogens is 304 g/mol.